The highest BCUT2D eigenvalue weighted by Gasteiger charge is 2.28. The lowest BCUT2D eigenvalue weighted by molar-refractivity contribution is 0.202. The minimum Gasteiger partial charge on any atom is -0.300 e. The Kier molecular flexibility index (Phi) is 8.09. The van der Waals surface area contributed by atoms with E-state index in [2.05, 4.69) is 73.3 Å². The molecule has 0 bridgehead atoms. The first-order valence-corrected chi connectivity index (χ1v) is 11.2. The van der Waals surface area contributed by atoms with Gasteiger partial charge in [-0.3, -0.25) is 0 Å². The van der Waals surface area contributed by atoms with Gasteiger partial charge in [0.05, 0.1) is 0 Å². The average molecular weight is 382 g/mol. The molecular formula is C26H36FN. The molecule has 0 amide bonds. The van der Waals surface area contributed by atoms with E-state index in [0.29, 0.717) is 6.04 Å². The van der Waals surface area contributed by atoms with Crippen LogP contribution in [-0.2, 0) is 12.8 Å². The van der Waals surface area contributed by atoms with E-state index in [9.17, 15) is 4.39 Å². The van der Waals surface area contributed by atoms with Gasteiger partial charge in [0.2, 0.25) is 0 Å². The van der Waals surface area contributed by atoms with E-state index < -0.39 is 6.17 Å². The van der Waals surface area contributed by atoms with Crippen LogP contribution in [0, 0.1) is 0 Å². The van der Waals surface area contributed by atoms with E-state index in [1.165, 1.54) is 29.5 Å². The first-order valence-electron chi connectivity index (χ1n) is 11.2. The molecule has 3 unspecified atom stereocenters. The van der Waals surface area contributed by atoms with Crippen molar-refractivity contribution in [3.8, 4) is 0 Å². The Morgan fingerprint density at radius 1 is 0.929 bits per heavy atom. The van der Waals surface area contributed by atoms with Crippen molar-refractivity contribution in [2.45, 2.75) is 76.9 Å². The van der Waals surface area contributed by atoms with Crippen molar-refractivity contribution < 1.29 is 4.39 Å². The van der Waals surface area contributed by atoms with Crippen LogP contribution < -0.4 is 0 Å². The quantitative estimate of drug-likeness (QED) is 0.450. The third kappa shape index (κ3) is 5.91. The number of hydrogen-bond donors (Lipinski definition) is 0. The zero-order valence-corrected chi connectivity index (χ0v) is 17.6. The van der Waals surface area contributed by atoms with Crippen LogP contribution in [0.15, 0.2) is 54.6 Å². The standard InChI is InChI=1S/C26H36FN/c1-3-19-28(20-18-22-8-5-4-6-9-22)21(2)12-13-23-14-16-24(17-15-23)25-10-7-11-26(25)27/h4-6,8-9,14-17,21,25-26H,3,7,10-13,18-20H2,1-2H3. The molecule has 28 heavy (non-hydrogen) atoms. The zero-order chi connectivity index (χ0) is 19.8. The second-order valence-electron chi connectivity index (χ2n) is 8.45. The molecule has 1 aliphatic rings. The fraction of sp³-hybridized carbons (Fsp3) is 0.538. The average Bonchev–Trinajstić information content (AvgIpc) is 3.16. The predicted octanol–water partition coefficient (Wildman–Crippen LogP) is 6.57. The van der Waals surface area contributed by atoms with Crippen LogP contribution in [0.4, 0.5) is 4.39 Å². The lowest BCUT2D eigenvalue weighted by Crippen LogP contribution is -2.35. The summed E-state index contributed by atoms with van der Waals surface area (Å²) in [7, 11) is 0. The van der Waals surface area contributed by atoms with Gasteiger partial charge in [-0.05, 0) is 75.1 Å². The lowest BCUT2D eigenvalue weighted by Gasteiger charge is -2.29. The molecule has 2 heteroatoms. The Morgan fingerprint density at radius 2 is 1.64 bits per heavy atom. The molecule has 0 heterocycles. The smallest absolute Gasteiger partial charge is 0.107 e. The van der Waals surface area contributed by atoms with Crippen LogP contribution in [0.1, 0.15) is 68.6 Å². The molecule has 0 saturated heterocycles. The van der Waals surface area contributed by atoms with Crippen LogP contribution in [0.5, 0.6) is 0 Å². The van der Waals surface area contributed by atoms with Gasteiger partial charge in [-0.15, -0.1) is 0 Å². The number of hydrogen-bond acceptors (Lipinski definition) is 1. The molecule has 1 nitrogen and oxygen atoms in total. The van der Waals surface area contributed by atoms with Gasteiger partial charge in [-0.1, -0.05) is 61.5 Å². The van der Waals surface area contributed by atoms with Crippen molar-refractivity contribution in [2.24, 2.45) is 0 Å². The zero-order valence-electron chi connectivity index (χ0n) is 17.6. The molecule has 3 atom stereocenters. The SMILES string of the molecule is CCCN(CCc1ccccc1)C(C)CCc1ccc(C2CCCC2F)cc1. The molecule has 3 rings (SSSR count). The second kappa shape index (κ2) is 10.8. The predicted molar refractivity (Wildman–Crippen MR) is 118 cm³/mol. The molecule has 152 valence electrons. The largest absolute Gasteiger partial charge is 0.300 e. The molecule has 1 saturated carbocycles. The molecule has 0 aromatic heterocycles. The summed E-state index contributed by atoms with van der Waals surface area (Å²) in [6, 6.07) is 20.2. The fourth-order valence-corrected chi connectivity index (χ4v) is 4.54. The molecule has 1 fully saturated rings. The van der Waals surface area contributed by atoms with E-state index in [4.69, 9.17) is 0 Å². The van der Waals surface area contributed by atoms with E-state index in [-0.39, 0.29) is 5.92 Å². The maximum atomic E-state index is 14.0. The Balaban J connectivity index is 1.49. The summed E-state index contributed by atoms with van der Waals surface area (Å²) in [5.41, 5.74) is 3.99. The van der Waals surface area contributed by atoms with Crippen LogP contribution in [0.25, 0.3) is 0 Å². The van der Waals surface area contributed by atoms with Gasteiger partial charge in [0.15, 0.2) is 0 Å². The van der Waals surface area contributed by atoms with E-state index in [1.54, 1.807) is 0 Å². The maximum Gasteiger partial charge on any atom is 0.107 e. The van der Waals surface area contributed by atoms with Gasteiger partial charge in [-0.25, -0.2) is 4.39 Å². The molecule has 2 aromatic rings. The first-order chi connectivity index (χ1) is 13.7. The minimum atomic E-state index is -0.641. The second-order valence-corrected chi connectivity index (χ2v) is 8.45. The summed E-state index contributed by atoms with van der Waals surface area (Å²) >= 11 is 0. The van der Waals surface area contributed by atoms with Gasteiger partial charge in [0.25, 0.3) is 0 Å². The summed E-state index contributed by atoms with van der Waals surface area (Å²) in [6.45, 7) is 6.91. The number of benzene rings is 2. The van der Waals surface area contributed by atoms with Crippen LogP contribution in [-0.4, -0.2) is 30.2 Å². The Labute approximate surface area is 171 Å². The summed E-state index contributed by atoms with van der Waals surface area (Å²) in [5, 5.41) is 0. The van der Waals surface area contributed by atoms with Crippen LogP contribution >= 0.6 is 0 Å². The number of halogens is 1. The lowest BCUT2D eigenvalue weighted by atomic mass is 9.94. The van der Waals surface area contributed by atoms with Gasteiger partial charge < -0.3 is 4.90 Å². The van der Waals surface area contributed by atoms with Crippen molar-refractivity contribution in [1.29, 1.82) is 0 Å². The van der Waals surface area contributed by atoms with Gasteiger partial charge in [0, 0.05) is 18.5 Å². The number of nitrogens with zero attached hydrogens (tertiary/aromatic N) is 1. The van der Waals surface area contributed by atoms with Crippen molar-refractivity contribution in [2.75, 3.05) is 13.1 Å². The number of aryl methyl sites for hydroxylation is 1. The molecule has 0 spiro atoms. The molecule has 0 aliphatic heterocycles. The minimum absolute atomic E-state index is 0.131. The Hall–Kier alpha value is -1.67. The highest BCUT2D eigenvalue weighted by atomic mass is 19.1. The number of alkyl halides is 1. The maximum absolute atomic E-state index is 14.0. The molecule has 0 N–H and O–H groups in total. The Bertz CT molecular complexity index is 681. The van der Waals surface area contributed by atoms with Crippen LogP contribution in [0.3, 0.4) is 0 Å². The summed E-state index contributed by atoms with van der Waals surface area (Å²) in [4.78, 5) is 2.63. The highest BCUT2D eigenvalue weighted by Crippen LogP contribution is 2.36. The third-order valence-electron chi connectivity index (χ3n) is 6.35. The van der Waals surface area contributed by atoms with Gasteiger partial charge in [-0.2, -0.15) is 0 Å². The highest BCUT2D eigenvalue weighted by molar-refractivity contribution is 5.27. The third-order valence-corrected chi connectivity index (χ3v) is 6.35. The molecule has 2 aromatic carbocycles. The monoisotopic (exact) mass is 381 g/mol. The van der Waals surface area contributed by atoms with Crippen molar-refractivity contribution in [1.82, 2.24) is 4.90 Å². The Morgan fingerprint density at radius 3 is 2.29 bits per heavy atom. The van der Waals surface area contributed by atoms with Crippen molar-refractivity contribution >= 4 is 0 Å². The molecule has 1 aliphatic carbocycles. The van der Waals surface area contributed by atoms with Gasteiger partial charge >= 0.3 is 0 Å². The topological polar surface area (TPSA) is 3.24 Å². The van der Waals surface area contributed by atoms with E-state index in [0.717, 1.165) is 45.2 Å². The fourth-order valence-electron chi connectivity index (χ4n) is 4.54. The summed E-state index contributed by atoms with van der Waals surface area (Å²) < 4.78 is 14.0. The summed E-state index contributed by atoms with van der Waals surface area (Å²) in [5.74, 6) is 0.131. The van der Waals surface area contributed by atoms with E-state index >= 15 is 0 Å². The van der Waals surface area contributed by atoms with E-state index in [1.807, 2.05) is 0 Å². The summed E-state index contributed by atoms with van der Waals surface area (Å²) in [6.07, 6.45) is 6.70. The van der Waals surface area contributed by atoms with Gasteiger partial charge in [0.1, 0.15) is 6.17 Å². The van der Waals surface area contributed by atoms with Crippen molar-refractivity contribution in [3.05, 3.63) is 71.3 Å². The number of rotatable bonds is 10. The molecular weight excluding hydrogens is 345 g/mol. The first kappa shape index (κ1) is 21.0. The molecule has 0 radical (unpaired) electrons. The van der Waals surface area contributed by atoms with Crippen LogP contribution in [0.2, 0.25) is 0 Å². The van der Waals surface area contributed by atoms with Crippen molar-refractivity contribution in [3.63, 3.8) is 0 Å². The normalized spacial score (nSPS) is 20.6.